The molecule has 0 bridgehead atoms. The average Bonchev–Trinajstić information content (AvgIpc) is 2.25. The number of ketones is 1. The van der Waals surface area contributed by atoms with Crippen LogP contribution in [0.2, 0.25) is 0 Å². The van der Waals surface area contributed by atoms with Gasteiger partial charge in [0.25, 0.3) is 0 Å². The molecule has 20 heavy (non-hydrogen) atoms. The maximum Gasteiger partial charge on any atom is 0.194 e. The van der Waals surface area contributed by atoms with Gasteiger partial charge < -0.3 is 0 Å². The Bertz CT molecular complexity index is 593. The summed E-state index contributed by atoms with van der Waals surface area (Å²) in [7, 11) is 0. The summed E-state index contributed by atoms with van der Waals surface area (Å²) in [5.74, 6) is 0.101. The number of aryl methyl sites for hydroxylation is 5. The summed E-state index contributed by atoms with van der Waals surface area (Å²) in [6, 6.07) is 8.19. The maximum absolute atomic E-state index is 12.9. The summed E-state index contributed by atoms with van der Waals surface area (Å²) in [5, 5.41) is 0. The lowest BCUT2D eigenvalue weighted by Crippen LogP contribution is -2.09. The molecule has 0 atom stereocenters. The molecule has 0 saturated carbocycles. The van der Waals surface area contributed by atoms with Crippen LogP contribution in [-0.2, 0) is 0 Å². The summed E-state index contributed by atoms with van der Waals surface area (Å²) in [5.41, 5.74) is 7.04. The lowest BCUT2D eigenvalue weighted by atomic mass is 9.91. The molecule has 0 amide bonds. The molecular weight excluding hydrogens is 312 g/mol. The van der Waals surface area contributed by atoms with Crippen LogP contribution < -0.4 is 0 Å². The minimum absolute atomic E-state index is 0.101. The van der Waals surface area contributed by atoms with E-state index in [1.54, 1.807) is 0 Å². The third-order valence-electron chi connectivity index (χ3n) is 3.56. The van der Waals surface area contributed by atoms with E-state index in [1.807, 2.05) is 33.8 Å². The van der Waals surface area contributed by atoms with Crippen molar-refractivity contribution in [3.8, 4) is 0 Å². The molecule has 2 rings (SSSR count). The molecule has 0 radical (unpaired) electrons. The number of halogens is 1. The number of carbonyl (C=O) groups is 1. The van der Waals surface area contributed by atoms with Gasteiger partial charge in [-0.15, -0.1) is 0 Å². The zero-order valence-corrected chi connectivity index (χ0v) is 14.2. The van der Waals surface area contributed by atoms with Crippen LogP contribution in [0.5, 0.6) is 0 Å². The van der Waals surface area contributed by atoms with Crippen molar-refractivity contribution in [3.63, 3.8) is 0 Å². The average molecular weight is 331 g/mol. The smallest absolute Gasteiger partial charge is 0.194 e. The van der Waals surface area contributed by atoms with E-state index in [4.69, 9.17) is 0 Å². The van der Waals surface area contributed by atoms with Gasteiger partial charge in [0, 0.05) is 15.6 Å². The van der Waals surface area contributed by atoms with Gasteiger partial charge in [0.05, 0.1) is 0 Å². The minimum Gasteiger partial charge on any atom is -0.289 e. The molecule has 0 heterocycles. The Morgan fingerprint density at radius 1 is 0.750 bits per heavy atom. The highest BCUT2D eigenvalue weighted by molar-refractivity contribution is 9.10. The number of hydrogen-bond donors (Lipinski definition) is 0. The molecule has 1 nitrogen and oxygen atoms in total. The molecule has 2 aromatic rings. The predicted molar refractivity (Wildman–Crippen MR) is 87.7 cm³/mol. The van der Waals surface area contributed by atoms with Crippen LogP contribution in [-0.4, -0.2) is 5.78 Å². The number of carbonyl (C=O) groups excluding carboxylic acids is 1. The topological polar surface area (TPSA) is 17.1 Å². The lowest BCUT2D eigenvalue weighted by Gasteiger charge is -2.14. The Hall–Kier alpha value is -1.41. The monoisotopic (exact) mass is 330 g/mol. The van der Waals surface area contributed by atoms with Crippen molar-refractivity contribution < 1.29 is 4.79 Å². The molecule has 2 heteroatoms. The molecule has 0 N–H and O–H groups in total. The molecule has 0 spiro atoms. The Kier molecular flexibility index (Phi) is 4.14. The van der Waals surface area contributed by atoms with E-state index in [2.05, 4.69) is 41.1 Å². The number of benzene rings is 2. The van der Waals surface area contributed by atoms with Crippen LogP contribution in [0, 0.1) is 34.6 Å². The van der Waals surface area contributed by atoms with Crippen molar-refractivity contribution in [3.05, 3.63) is 67.7 Å². The minimum atomic E-state index is 0.101. The molecule has 0 fully saturated rings. The van der Waals surface area contributed by atoms with Crippen LogP contribution in [0.1, 0.15) is 43.7 Å². The van der Waals surface area contributed by atoms with Crippen molar-refractivity contribution in [1.82, 2.24) is 0 Å². The first-order valence-corrected chi connectivity index (χ1v) is 7.50. The molecule has 2 aromatic carbocycles. The van der Waals surface area contributed by atoms with Crippen LogP contribution in [0.15, 0.2) is 28.7 Å². The maximum atomic E-state index is 12.9. The Morgan fingerprint density at radius 3 is 1.60 bits per heavy atom. The lowest BCUT2D eigenvalue weighted by molar-refractivity contribution is 0.103. The molecule has 0 aliphatic carbocycles. The van der Waals surface area contributed by atoms with Crippen molar-refractivity contribution in [2.45, 2.75) is 34.6 Å². The fourth-order valence-electron chi connectivity index (χ4n) is 2.87. The predicted octanol–water partition coefficient (Wildman–Crippen LogP) is 5.22. The van der Waals surface area contributed by atoms with E-state index >= 15 is 0 Å². The van der Waals surface area contributed by atoms with E-state index in [9.17, 15) is 4.79 Å². The number of rotatable bonds is 2. The van der Waals surface area contributed by atoms with E-state index in [0.717, 1.165) is 37.9 Å². The summed E-state index contributed by atoms with van der Waals surface area (Å²) in [4.78, 5) is 12.9. The normalized spacial score (nSPS) is 10.7. The van der Waals surface area contributed by atoms with Crippen LogP contribution in [0.25, 0.3) is 0 Å². The van der Waals surface area contributed by atoms with E-state index in [0.29, 0.717) is 0 Å². The first kappa shape index (κ1) is 15.0. The largest absolute Gasteiger partial charge is 0.289 e. The van der Waals surface area contributed by atoms with E-state index < -0.39 is 0 Å². The van der Waals surface area contributed by atoms with E-state index in [-0.39, 0.29) is 5.78 Å². The Morgan fingerprint density at radius 2 is 1.15 bits per heavy atom. The highest BCUT2D eigenvalue weighted by atomic mass is 79.9. The van der Waals surface area contributed by atoms with Crippen molar-refractivity contribution in [2.75, 3.05) is 0 Å². The zero-order valence-electron chi connectivity index (χ0n) is 12.6. The van der Waals surface area contributed by atoms with Crippen molar-refractivity contribution in [2.24, 2.45) is 0 Å². The standard InChI is InChI=1S/C18H19BrO/c1-10-6-12(3)16(13(4)7-10)18(20)17-14(5)8-11(2)9-15(17)19/h6-9H,1-5H3. The number of hydrogen-bond acceptors (Lipinski definition) is 1. The fourth-order valence-corrected chi connectivity index (χ4v) is 3.72. The van der Waals surface area contributed by atoms with Crippen LogP contribution in [0.3, 0.4) is 0 Å². The molecule has 0 aliphatic rings. The molecular formula is C18H19BrO. The van der Waals surface area contributed by atoms with E-state index in [1.165, 1.54) is 5.56 Å². The Labute approximate surface area is 129 Å². The second kappa shape index (κ2) is 5.53. The van der Waals surface area contributed by atoms with Gasteiger partial charge in [-0.2, -0.15) is 0 Å². The van der Waals surface area contributed by atoms with Crippen LogP contribution in [0.4, 0.5) is 0 Å². The molecule has 0 aromatic heterocycles. The van der Waals surface area contributed by atoms with Gasteiger partial charge in [-0.1, -0.05) is 39.7 Å². The van der Waals surface area contributed by atoms with Gasteiger partial charge in [0.15, 0.2) is 5.78 Å². The Balaban J connectivity index is 2.64. The molecule has 0 aliphatic heterocycles. The van der Waals surface area contributed by atoms with Gasteiger partial charge in [-0.25, -0.2) is 0 Å². The summed E-state index contributed by atoms with van der Waals surface area (Å²) < 4.78 is 0.874. The summed E-state index contributed by atoms with van der Waals surface area (Å²) in [6.07, 6.45) is 0. The first-order valence-electron chi connectivity index (χ1n) is 6.70. The molecule has 0 saturated heterocycles. The van der Waals surface area contributed by atoms with Crippen molar-refractivity contribution in [1.29, 1.82) is 0 Å². The third-order valence-corrected chi connectivity index (χ3v) is 4.19. The fraction of sp³-hybridized carbons (Fsp3) is 0.278. The molecule has 0 unspecified atom stereocenters. The molecule has 104 valence electrons. The van der Waals surface area contributed by atoms with Gasteiger partial charge in [0.2, 0.25) is 0 Å². The van der Waals surface area contributed by atoms with Crippen LogP contribution >= 0.6 is 15.9 Å². The summed E-state index contributed by atoms with van der Waals surface area (Å²) >= 11 is 3.54. The second-order valence-corrected chi connectivity index (χ2v) is 6.40. The third kappa shape index (κ3) is 2.71. The van der Waals surface area contributed by atoms with Gasteiger partial charge in [0.1, 0.15) is 0 Å². The van der Waals surface area contributed by atoms with Gasteiger partial charge >= 0.3 is 0 Å². The van der Waals surface area contributed by atoms with Gasteiger partial charge in [-0.05, 0) is 62.9 Å². The highest BCUT2D eigenvalue weighted by Gasteiger charge is 2.19. The second-order valence-electron chi connectivity index (χ2n) is 5.54. The van der Waals surface area contributed by atoms with Crippen molar-refractivity contribution >= 4 is 21.7 Å². The summed E-state index contributed by atoms with van der Waals surface area (Å²) in [6.45, 7) is 10.1. The highest BCUT2D eigenvalue weighted by Crippen LogP contribution is 2.28. The SMILES string of the molecule is Cc1cc(C)c(C(=O)c2c(C)cc(C)cc2Br)c(C)c1. The first-order chi connectivity index (χ1) is 9.31. The van der Waals surface area contributed by atoms with Gasteiger partial charge in [-0.3, -0.25) is 4.79 Å². The zero-order chi connectivity index (χ0) is 15.0. The quantitative estimate of drug-likeness (QED) is 0.689.